The van der Waals surface area contributed by atoms with Gasteiger partial charge in [0.15, 0.2) is 0 Å². The van der Waals surface area contributed by atoms with Crippen molar-refractivity contribution in [2.45, 2.75) is 38.3 Å². The highest BCUT2D eigenvalue weighted by Gasteiger charge is 2.20. The normalized spacial score (nSPS) is 19.4. The number of aliphatic hydroxyl groups excluding tert-OH is 1. The van der Waals surface area contributed by atoms with Gasteiger partial charge in [0.25, 0.3) is 0 Å². The number of aromatic nitrogens is 3. The van der Waals surface area contributed by atoms with Crippen molar-refractivity contribution >= 4 is 0 Å². The summed E-state index contributed by atoms with van der Waals surface area (Å²) in [5.41, 5.74) is 1.05. The molecule has 1 N–H and O–H groups in total. The molecule has 22 heavy (non-hydrogen) atoms. The van der Waals surface area contributed by atoms with Crippen LogP contribution in [0.3, 0.4) is 0 Å². The van der Waals surface area contributed by atoms with Crippen LogP contribution in [0.25, 0.3) is 11.4 Å². The maximum absolute atomic E-state index is 9.47. The third-order valence-corrected chi connectivity index (χ3v) is 4.44. The Morgan fingerprint density at radius 2 is 2.18 bits per heavy atom. The van der Waals surface area contributed by atoms with Crippen LogP contribution in [0.2, 0.25) is 0 Å². The Morgan fingerprint density at radius 1 is 1.23 bits per heavy atom. The number of hydrogen-bond acceptors (Lipinski definition) is 4. The average Bonchev–Trinajstić information content (AvgIpc) is 3.04. The molecule has 0 bridgehead atoms. The Bertz CT molecular complexity index is 569. The molecule has 3 heterocycles. The molecular formula is C17H24N4O. The summed E-state index contributed by atoms with van der Waals surface area (Å²) in [7, 11) is 0. The molecular weight excluding hydrogens is 276 g/mol. The molecule has 0 aromatic carbocycles. The summed E-state index contributed by atoms with van der Waals surface area (Å²) in [4.78, 5) is 11.1. The highest BCUT2D eigenvalue weighted by atomic mass is 16.3. The molecule has 0 amide bonds. The summed E-state index contributed by atoms with van der Waals surface area (Å²) in [5.74, 6) is 0.977. The first kappa shape index (κ1) is 15.2. The molecule has 0 unspecified atom stereocenters. The van der Waals surface area contributed by atoms with E-state index in [4.69, 9.17) is 0 Å². The lowest BCUT2D eigenvalue weighted by molar-refractivity contribution is 0.0882. The molecule has 0 spiro atoms. The number of nitrogens with zero attached hydrogens (tertiary/aromatic N) is 4. The monoisotopic (exact) mass is 300 g/mol. The lowest BCUT2D eigenvalue weighted by Crippen LogP contribution is -2.42. The number of likely N-dealkylation sites (tertiary alicyclic amines) is 1. The highest BCUT2D eigenvalue weighted by Crippen LogP contribution is 2.18. The summed E-state index contributed by atoms with van der Waals surface area (Å²) in [5, 5.41) is 9.47. The van der Waals surface area contributed by atoms with Crippen LogP contribution >= 0.6 is 0 Å². The van der Waals surface area contributed by atoms with Crippen molar-refractivity contribution in [1.82, 2.24) is 19.4 Å². The molecule has 5 heteroatoms. The van der Waals surface area contributed by atoms with E-state index in [2.05, 4.69) is 19.4 Å². The third kappa shape index (κ3) is 3.54. The maximum Gasteiger partial charge on any atom is 0.141 e. The number of imidazole rings is 1. The van der Waals surface area contributed by atoms with Crippen molar-refractivity contribution in [3.05, 3.63) is 36.9 Å². The summed E-state index contributed by atoms with van der Waals surface area (Å²) in [6.07, 6.45) is 12.2. The minimum Gasteiger partial charge on any atom is -0.395 e. The lowest BCUT2D eigenvalue weighted by atomic mass is 10.0. The molecule has 3 rings (SSSR count). The summed E-state index contributed by atoms with van der Waals surface area (Å²) in [6.45, 7) is 3.38. The van der Waals surface area contributed by atoms with Gasteiger partial charge in [0.1, 0.15) is 5.82 Å². The lowest BCUT2D eigenvalue weighted by Gasteiger charge is -2.34. The Balaban J connectivity index is 1.57. The van der Waals surface area contributed by atoms with Gasteiger partial charge in [-0.05, 0) is 37.9 Å². The number of pyridine rings is 1. The van der Waals surface area contributed by atoms with E-state index in [1.165, 1.54) is 12.8 Å². The number of piperidine rings is 1. The van der Waals surface area contributed by atoms with Crippen LogP contribution in [-0.2, 0) is 6.54 Å². The summed E-state index contributed by atoms with van der Waals surface area (Å²) < 4.78 is 2.19. The fourth-order valence-corrected chi connectivity index (χ4v) is 3.25. The molecule has 2 aromatic heterocycles. The van der Waals surface area contributed by atoms with Gasteiger partial charge in [-0.2, -0.15) is 0 Å². The SMILES string of the molecule is OC[C@@H]1CCCCN1CCCn1ccnc1-c1cccnc1. The van der Waals surface area contributed by atoms with Gasteiger partial charge in [0.2, 0.25) is 0 Å². The highest BCUT2D eigenvalue weighted by molar-refractivity contribution is 5.53. The smallest absolute Gasteiger partial charge is 0.141 e. The summed E-state index contributed by atoms with van der Waals surface area (Å²) >= 11 is 0. The number of aryl methyl sites for hydroxylation is 1. The molecule has 1 aliphatic rings. The number of aliphatic hydroxyl groups is 1. The standard InChI is InChI=1S/C17H24N4O/c22-14-16-6-1-2-9-20(16)10-4-11-21-12-8-19-17(21)15-5-3-7-18-13-15/h3,5,7-8,12-13,16,22H,1-2,4,6,9-11,14H2/t16-/m0/s1. The Labute approximate surface area is 131 Å². The maximum atomic E-state index is 9.47. The predicted molar refractivity (Wildman–Crippen MR) is 86.4 cm³/mol. The van der Waals surface area contributed by atoms with Crippen LogP contribution in [0.1, 0.15) is 25.7 Å². The van der Waals surface area contributed by atoms with E-state index in [9.17, 15) is 5.11 Å². The quantitative estimate of drug-likeness (QED) is 0.888. The van der Waals surface area contributed by atoms with Gasteiger partial charge in [-0.1, -0.05) is 6.42 Å². The molecule has 5 nitrogen and oxygen atoms in total. The second-order valence-corrected chi connectivity index (χ2v) is 5.91. The third-order valence-electron chi connectivity index (χ3n) is 4.44. The van der Waals surface area contributed by atoms with Gasteiger partial charge < -0.3 is 9.67 Å². The van der Waals surface area contributed by atoms with Crippen LogP contribution in [-0.4, -0.2) is 50.3 Å². The van der Waals surface area contributed by atoms with Crippen molar-refractivity contribution < 1.29 is 5.11 Å². The zero-order chi connectivity index (χ0) is 15.2. The van der Waals surface area contributed by atoms with Gasteiger partial charge in [-0.3, -0.25) is 9.88 Å². The minimum atomic E-state index is 0.284. The summed E-state index contributed by atoms with van der Waals surface area (Å²) in [6, 6.07) is 4.33. The van der Waals surface area contributed by atoms with Gasteiger partial charge in [0.05, 0.1) is 6.61 Å². The van der Waals surface area contributed by atoms with E-state index in [0.717, 1.165) is 43.9 Å². The molecule has 0 radical (unpaired) electrons. The Kier molecular flexibility index (Phi) is 5.19. The molecule has 1 fully saturated rings. The second-order valence-electron chi connectivity index (χ2n) is 5.91. The van der Waals surface area contributed by atoms with E-state index < -0.39 is 0 Å². The van der Waals surface area contributed by atoms with Crippen molar-refractivity contribution in [2.24, 2.45) is 0 Å². The van der Waals surface area contributed by atoms with Gasteiger partial charge in [-0.15, -0.1) is 0 Å². The molecule has 1 aliphatic heterocycles. The number of rotatable bonds is 6. The second kappa shape index (κ2) is 7.51. The van der Waals surface area contributed by atoms with Crippen LogP contribution < -0.4 is 0 Å². The van der Waals surface area contributed by atoms with Gasteiger partial charge in [0, 0.05) is 49.5 Å². The van der Waals surface area contributed by atoms with Gasteiger partial charge in [-0.25, -0.2) is 4.98 Å². The zero-order valence-corrected chi connectivity index (χ0v) is 12.9. The molecule has 118 valence electrons. The molecule has 1 saturated heterocycles. The van der Waals surface area contributed by atoms with Crippen molar-refractivity contribution in [1.29, 1.82) is 0 Å². The molecule has 0 aliphatic carbocycles. The molecule has 2 aromatic rings. The zero-order valence-electron chi connectivity index (χ0n) is 12.9. The van der Waals surface area contributed by atoms with Crippen molar-refractivity contribution in [3.63, 3.8) is 0 Å². The topological polar surface area (TPSA) is 54.2 Å². The largest absolute Gasteiger partial charge is 0.395 e. The van der Waals surface area contributed by atoms with E-state index in [1.54, 1.807) is 6.20 Å². The van der Waals surface area contributed by atoms with Crippen molar-refractivity contribution in [2.75, 3.05) is 19.7 Å². The minimum absolute atomic E-state index is 0.284. The van der Waals surface area contributed by atoms with E-state index >= 15 is 0 Å². The van der Waals surface area contributed by atoms with E-state index in [0.29, 0.717) is 6.04 Å². The Morgan fingerprint density at radius 3 is 3.00 bits per heavy atom. The fraction of sp³-hybridized carbons (Fsp3) is 0.529. The van der Waals surface area contributed by atoms with Crippen LogP contribution in [0.15, 0.2) is 36.9 Å². The number of hydrogen-bond donors (Lipinski definition) is 1. The molecule has 0 saturated carbocycles. The first-order valence-corrected chi connectivity index (χ1v) is 8.15. The van der Waals surface area contributed by atoms with Crippen LogP contribution in [0.5, 0.6) is 0 Å². The van der Waals surface area contributed by atoms with Crippen LogP contribution in [0.4, 0.5) is 0 Å². The van der Waals surface area contributed by atoms with Crippen molar-refractivity contribution in [3.8, 4) is 11.4 Å². The van der Waals surface area contributed by atoms with Gasteiger partial charge >= 0.3 is 0 Å². The molecule has 1 atom stereocenters. The fourth-order valence-electron chi connectivity index (χ4n) is 3.25. The van der Waals surface area contributed by atoms with E-state index in [1.807, 2.05) is 30.7 Å². The van der Waals surface area contributed by atoms with E-state index in [-0.39, 0.29) is 6.61 Å². The Hall–Kier alpha value is -1.72. The first-order chi connectivity index (χ1) is 10.9. The van der Waals surface area contributed by atoms with Crippen LogP contribution in [0, 0.1) is 0 Å². The first-order valence-electron chi connectivity index (χ1n) is 8.15. The predicted octanol–water partition coefficient (Wildman–Crippen LogP) is 2.18. The average molecular weight is 300 g/mol.